The number of fused-ring (bicyclic) bond motifs is 5. The Morgan fingerprint density at radius 3 is 1.98 bits per heavy atom. The third-order valence-electron chi connectivity index (χ3n) is 9.95. The van der Waals surface area contributed by atoms with Gasteiger partial charge in [0.05, 0.1) is 35.7 Å². The number of benzene rings is 1. The molecular weight excluding hydrogens is 652 g/mol. The van der Waals surface area contributed by atoms with E-state index in [4.69, 9.17) is 14.2 Å². The maximum Gasteiger partial charge on any atom is 0.338 e. The van der Waals surface area contributed by atoms with E-state index in [-0.39, 0.29) is 30.6 Å². The number of Topliss-reactive ketones (excluding diaryl/α,β-unsaturated/α-hetero) is 1. The Labute approximate surface area is 280 Å². The molecule has 1 aromatic rings. The molecule has 0 aromatic heterocycles. The number of carbonyl (C=O) groups excluding carboxylic acids is 3. The van der Waals surface area contributed by atoms with Crippen LogP contribution in [-0.2, 0) is 45.4 Å². The lowest BCUT2D eigenvalue weighted by atomic mass is 9.44. The number of ether oxygens (including phenoxy) is 3. The summed E-state index contributed by atoms with van der Waals surface area (Å²) in [6.45, 7) is 7.29. The molecule has 0 radical (unpaired) electrons. The minimum absolute atomic E-state index is 0.0828. The summed E-state index contributed by atoms with van der Waals surface area (Å²) in [5.74, 6) is -3.60. The summed E-state index contributed by atoms with van der Waals surface area (Å²) in [7, 11) is -1.22. The highest BCUT2D eigenvalue weighted by Crippen LogP contribution is 2.63. The van der Waals surface area contributed by atoms with Crippen molar-refractivity contribution in [3.05, 3.63) is 47.0 Å². The first-order chi connectivity index (χ1) is 21.6. The molecule has 4 N–H and O–H groups in total. The van der Waals surface area contributed by atoms with Gasteiger partial charge >= 0.3 is 11.9 Å². The molecule has 47 heavy (non-hydrogen) atoms. The van der Waals surface area contributed by atoms with Gasteiger partial charge in [-0.05, 0) is 37.1 Å². The van der Waals surface area contributed by atoms with Crippen LogP contribution in [0, 0.1) is 16.7 Å². The molecule has 0 amide bonds. The molecule has 0 unspecified atom stereocenters. The maximum absolute atomic E-state index is 14.3. The second-order valence-corrected chi connectivity index (χ2v) is 16.6. The molecule has 1 saturated heterocycles. The molecule has 2 saturated carbocycles. The SMILES string of the molecule is CC(=O)O[C@@]12CO[C@@H]1C[C@H](O)[C@@]1(C)C(=O)[C@H](O)C3=C(C)[C@@H](O)C[C@@](O)([C@@H](OC(=O)c4ccccc4)[C@H]21)C3(C)C.CS(C)=O.CS(C)=O. The first-order valence-electron chi connectivity index (χ1n) is 15.2. The summed E-state index contributed by atoms with van der Waals surface area (Å²) < 4.78 is 36.8. The van der Waals surface area contributed by atoms with Crippen LogP contribution in [0.15, 0.2) is 41.5 Å². The van der Waals surface area contributed by atoms with E-state index in [1.807, 2.05) is 0 Å². The van der Waals surface area contributed by atoms with Crippen molar-refractivity contribution >= 4 is 39.3 Å². The quantitative estimate of drug-likeness (QED) is 0.259. The van der Waals surface area contributed by atoms with Crippen molar-refractivity contribution in [2.45, 2.75) is 89.2 Å². The highest BCUT2D eigenvalue weighted by Gasteiger charge is 2.77. The fourth-order valence-electron chi connectivity index (χ4n) is 7.66. The molecule has 1 heterocycles. The number of aliphatic hydroxyl groups excluding tert-OH is 3. The smallest absolute Gasteiger partial charge is 0.338 e. The van der Waals surface area contributed by atoms with Gasteiger partial charge in [-0.1, -0.05) is 32.0 Å². The third-order valence-corrected chi connectivity index (χ3v) is 9.95. The van der Waals surface area contributed by atoms with Gasteiger partial charge in [0.2, 0.25) is 0 Å². The van der Waals surface area contributed by atoms with Crippen LogP contribution in [0.5, 0.6) is 0 Å². The minimum atomic E-state index is -2.07. The van der Waals surface area contributed by atoms with Gasteiger partial charge in [0.15, 0.2) is 11.4 Å². The number of hydrogen-bond acceptors (Lipinski definition) is 12. The van der Waals surface area contributed by atoms with E-state index in [1.54, 1.807) is 64.0 Å². The average molecular weight is 701 g/mol. The Bertz CT molecular complexity index is 1420. The number of hydrogen-bond donors (Lipinski definition) is 4. The van der Waals surface area contributed by atoms with Crippen molar-refractivity contribution < 1.29 is 57.4 Å². The van der Waals surface area contributed by atoms with Crippen LogP contribution < -0.4 is 0 Å². The van der Waals surface area contributed by atoms with Crippen molar-refractivity contribution in [3.63, 3.8) is 0 Å². The minimum Gasteiger partial charge on any atom is -0.455 e. The Kier molecular flexibility index (Phi) is 11.9. The Morgan fingerprint density at radius 1 is 0.979 bits per heavy atom. The van der Waals surface area contributed by atoms with Gasteiger partial charge in [-0.15, -0.1) is 0 Å². The zero-order valence-electron chi connectivity index (χ0n) is 28.3. The molecule has 3 fully saturated rings. The van der Waals surface area contributed by atoms with Crippen LogP contribution in [0.2, 0.25) is 0 Å². The van der Waals surface area contributed by atoms with Crippen LogP contribution in [0.3, 0.4) is 0 Å². The van der Waals surface area contributed by atoms with E-state index < -0.39 is 97.8 Å². The zero-order valence-corrected chi connectivity index (χ0v) is 30.0. The predicted molar refractivity (Wildman–Crippen MR) is 175 cm³/mol. The number of ketones is 1. The zero-order chi connectivity index (χ0) is 35.9. The van der Waals surface area contributed by atoms with E-state index in [1.165, 1.54) is 26.0 Å². The molecule has 14 heteroatoms. The first kappa shape index (κ1) is 39.1. The van der Waals surface area contributed by atoms with Gasteiger partial charge in [0, 0.05) is 71.8 Å². The lowest BCUT2D eigenvalue weighted by molar-refractivity contribution is -0.345. The summed E-state index contributed by atoms with van der Waals surface area (Å²) in [4.78, 5) is 40.3. The van der Waals surface area contributed by atoms with Crippen LogP contribution in [0.4, 0.5) is 0 Å². The third kappa shape index (κ3) is 6.92. The molecule has 0 spiro atoms. The summed E-state index contributed by atoms with van der Waals surface area (Å²) in [5.41, 5.74) is -6.24. The lowest BCUT2D eigenvalue weighted by Gasteiger charge is -2.67. The molecule has 2 bridgehead atoms. The molecule has 1 aliphatic heterocycles. The second-order valence-electron chi connectivity index (χ2n) is 13.7. The van der Waals surface area contributed by atoms with E-state index in [0.717, 1.165) is 0 Å². The van der Waals surface area contributed by atoms with Gasteiger partial charge < -0.3 is 34.6 Å². The average Bonchev–Trinajstić information content (AvgIpc) is 2.95. The highest BCUT2D eigenvalue weighted by molar-refractivity contribution is 7.83. The summed E-state index contributed by atoms with van der Waals surface area (Å²) >= 11 is 0. The fraction of sp³-hybridized carbons (Fsp3) is 0.667. The molecule has 264 valence electrons. The number of rotatable bonds is 3. The Morgan fingerprint density at radius 2 is 1.51 bits per heavy atom. The molecule has 4 aliphatic rings. The molecule has 1 aromatic carbocycles. The monoisotopic (exact) mass is 700 g/mol. The first-order valence-corrected chi connectivity index (χ1v) is 19.1. The van der Waals surface area contributed by atoms with Gasteiger partial charge in [-0.2, -0.15) is 0 Å². The van der Waals surface area contributed by atoms with Gasteiger partial charge in [0.25, 0.3) is 0 Å². The molecule has 12 nitrogen and oxygen atoms in total. The van der Waals surface area contributed by atoms with Gasteiger partial charge in [-0.25, -0.2) is 4.79 Å². The van der Waals surface area contributed by atoms with Crippen LogP contribution in [0.1, 0.15) is 57.8 Å². The standard InChI is InChI=1S/C29H36O10.2C2H6OS/c1-14-17(31)12-29(36)24(38-25(35)16-9-7-6-8-10-16)22-27(5,23(34)21(33)20(14)26(29,3)4)18(32)11-19-28(22,13-37-19)39-15(2)30;2*1-4(2)3/h6-10,17-19,21-22,24,31-33,36H,11-13H2,1-5H3;2*1-2H3/t17-,18-,19+,21+,22-,24-,27+,28-,29+;;/m0../s1. The van der Waals surface area contributed by atoms with Crippen LogP contribution >= 0.6 is 0 Å². The number of esters is 2. The molecule has 5 rings (SSSR count). The molecular formula is C33H48O12S2. The highest BCUT2D eigenvalue weighted by atomic mass is 32.2. The van der Waals surface area contributed by atoms with Gasteiger partial charge in [0.1, 0.15) is 23.9 Å². The van der Waals surface area contributed by atoms with E-state index >= 15 is 0 Å². The van der Waals surface area contributed by atoms with Gasteiger partial charge in [-0.3, -0.25) is 18.0 Å². The van der Waals surface area contributed by atoms with E-state index in [0.29, 0.717) is 5.57 Å². The van der Waals surface area contributed by atoms with Crippen LogP contribution in [0.25, 0.3) is 0 Å². The fourth-order valence-corrected chi connectivity index (χ4v) is 7.66. The molecule has 9 atom stereocenters. The van der Waals surface area contributed by atoms with Crippen molar-refractivity contribution in [1.29, 1.82) is 0 Å². The largest absolute Gasteiger partial charge is 0.455 e. The molecule has 3 aliphatic carbocycles. The normalized spacial score (nSPS) is 37.0. The Balaban J connectivity index is 0.000000676. The lowest BCUT2D eigenvalue weighted by Crippen LogP contribution is -2.81. The Hall–Kier alpha value is -2.33. The maximum atomic E-state index is 14.3. The summed E-state index contributed by atoms with van der Waals surface area (Å²) in [6.07, 6.45) is -0.703. The van der Waals surface area contributed by atoms with E-state index in [9.17, 15) is 43.2 Å². The number of carbonyl (C=O) groups is 3. The summed E-state index contributed by atoms with van der Waals surface area (Å²) in [6, 6.07) is 8.08. The summed E-state index contributed by atoms with van der Waals surface area (Å²) in [5, 5.41) is 46.7. The predicted octanol–water partition coefficient (Wildman–Crippen LogP) is 1.07. The van der Waals surface area contributed by atoms with E-state index in [2.05, 4.69) is 0 Å². The second kappa shape index (κ2) is 14.3. The van der Waals surface area contributed by atoms with Crippen LogP contribution in [-0.4, -0.2) is 120 Å². The van der Waals surface area contributed by atoms with Crippen molar-refractivity contribution in [1.82, 2.24) is 0 Å². The van der Waals surface area contributed by atoms with Crippen molar-refractivity contribution in [2.75, 3.05) is 31.6 Å². The van der Waals surface area contributed by atoms with Crippen molar-refractivity contribution in [3.8, 4) is 0 Å². The topological polar surface area (TPSA) is 194 Å². The van der Waals surface area contributed by atoms with Crippen molar-refractivity contribution in [2.24, 2.45) is 16.7 Å². The number of aliphatic hydroxyl groups is 4.